The molecule has 21 heavy (non-hydrogen) atoms. The number of benzene rings is 1. The molecule has 1 aliphatic heterocycles. The van der Waals surface area contributed by atoms with E-state index in [1.807, 2.05) is 0 Å². The number of nitrogens with zero attached hydrogens (tertiary/aromatic N) is 1. The van der Waals surface area contributed by atoms with E-state index in [0.29, 0.717) is 18.8 Å². The summed E-state index contributed by atoms with van der Waals surface area (Å²) in [5.74, 6) is -1.09. The molecule has 1 N–H and O–H groups in total. The van der Waals surface area contributed by atoms with Crippen LogP contribution in [0.15, 0.2) is 17.0 Å². The number of hydrogen-bond acceptors (Lipinski definition) is 5. The number of carboxylic acid groups (broad SMARTS) is 1. The van der Waals surface area contributed by atoms with Crippen molar-refractivity contribution in [2.75, 3.05) is 33.4 Å². The number of aryl methyl sites for hydroxylation is 1. The number of hydrogen-bond donors (Lipinski definition) is 1. The van der Waals surface area contributed by atoms with E-state index in [1.165, 1.54) is 17.5 Å². The SMILES string of the molecule is COc1cc(C)c(S(=O)(=O)N2CCOCC2)cc1C(=O)O. The molecule has 0 bridgehead atoms. The van der Waals surface area contributed by atoms with Gasteiger partial charge in [0.2, 0.25) is 10.0 Å². The van der Waals surface area contributed by atoms with Gasteiger partial charge in [0.05, 0.1) is 25.2 Å². The molecule has 0 amide bonds. The van der Waals surface area contributed by atoms with Crippen LogP contribution in [0.3, 0.4) is 0 Å². The average molecular weight is 315 g/mol. The summed E-state index contributed by atoms with van der Waals surface area (Å²) < 4.78 is 36.7. The van der Waals surface area contributed by atoms with Gasteiger partial charge in [-0.2, -0.15) is 4.31 Å². The van der Waals surface area contributed by atoms with E-state index in [-0.39, 0.29) is 29.3 Å². The first-order valence-corrected chi connectivity index (χ1v) is 7.81. The van der Waals surface area contributed by atoms with Gasteiger partial charge < -0.3 is 14.6 Å². The summed E-state index contributed by atoms with van der Waals surface area (Å²) in [4.78, 5) is 11.2. The molecule has 7 nitrogen and oxygen atoms in total. The average Bonchev–Trinajstić information content (AvgIpc) is 2.47. The molecule has 1 aromatic rings. The largest absolute Gasteiger partial charge is 0.496 e. The Morgan fingerprint density at radius 3 is 2.48 bits per heavy atom. The third kappa shape index (κ3) is 3.02. The van der Waals surface area contributed by atoms with E-state index >= 15 is 0 Å². The van der Waals surface area contributed by atoms with Crippen molar-refractivity contribution in [2.24, 2.45) is 0 Å². The number of carbonyl (C=O) groups is 1. The molecule has 8 heteroatoms. The maximum absolute atomic E-state index is 12.6. The predicted molar refractivity (Wildman–Crippen MR) is 74.3 cm³/mol. The van der Waals surface area contributed by atoms with Gasteiger partial charge in [-0.1, -0.05) is 0 Å². The molecule has 0 unspecified atom stereocenters. The van der Waals surface area contributed by atoms with Crippen molar-refractivity contribution < 1.29 is 27.8 Å². The first-order chi connectivity index (χ1) is 9.87. The van der Waals surface area contributed by atoms with Gasteiger partial charge in [-0.05, 0) is 24.6 Å². The molecule has 0 aromatic heterocycles. The molecule has 2 rings (SSSR count). The molecule has 1 heterocycles. The predicted octanol–water partition coefficient (Wildman–Crippen LogP) is 0.723. The Bertz CT molecular complexity index is 649. The molecule has 0 saturated carbocycles. The zero-order valence-electron chi connectivity index (χ0n) is 11.8. The van der Waals surface area contributed by atoms with E-state index in [2.05, 4.69) is 0 Å². The summed E-state index contributed by atoms with van der Waals surface area (Å²) in [5.41, 5.74) is 0.276. The second-order valence-electron chi connectivity index (χ2n) is 4.64. The molecule has 1 saturated heterocycles. The molecule has 0 atom stereocenters. The Morgan fingerprint density at radius 2 is 1.95 bits per heavy atom. The quantitative estimate of drug-likeness (QED) is 0.880. The third-order valence-corrected chi connectivity index (χ3v) is 5.36. The van der Waals surface area contributed by atoms with E-state index in [0.717, 1.165) is 6.07 Å². The van der Waals surface area contributed by atoms with Crippen molar-refractivity contribution in [3.05, 3.63) is 23.3 Å². The Labute approximate surface area is 123 Å². The molecule has 116 valence electrons. The lowest BCUT2D eigenvalue weighted by molar-refractivity contribution is 0.0692. The smallest absolute Gasteiger partial charge is 0.339 e. The zero-order chi connectivity index (χ0) is 15.6. The summed E-state index contributed by atoms with van der Waals surface area (Å²) in [6, 6.07) is 2.58. The lowest BCUT2D eigenvalue weighted by Gasteiger charge is -2.27. The van der Waals surface area contributed by atoms with Crippen LogP contribution in [-0.2, 0) is 14.8 Å². The van der Waals surface area contributed by atoms with Crippen molar-refractivity contribution in [1.82, 2.24) is 4.31 Å². The van der Waals surface area contributed by atoms with Gasteiger partial charge in [0.15, 0.2) is 0 Å². The fraction of sp³-hybridized carbons (Fsp3) is 0.462. The fourth-order valence-electron chi connectivity index (χ4n) is 2.20. The maximum Gasteiger partial charge on any atom is 0.339 e. The Morgan fingerprint density at radius 1 is 1.33 bits per heavy atom. The van der Waals surface area contributed by atoms with Gasteiger partial charge in [0.1, 0.15) is 11.3 Å². The third-order valence-electron chi connectivity index (χ3n) is 3.32. The summed E-state index contributed by atoms with van der Waals surface area (Å²) in [6.07, 6.45) is 0. The summed E-state index contributed by atoms with van der Waals surface area (Å²) in [6.45, 7) is 2.80. The van der Waals surface area contributed by atoms with Crippen molar-refractivity contribution in [3.63, 3.8) is 0 Å². The highest BCUT2D eigenvalue weighted by molar-refractivity contribution is 7.89. The van der Waals surface area contributed by atoms with Gasteiger partial charge in [-0.25, -0.2) is 13.2 Å². The standard InChI is InChI=1S/C13H17NO6S/c1-9-7-11(19-2)10(13(15)16)8-12(9)21(17,18)14-3-5-20-6-4-14/h7-8H,3-6H2,1-2H3,(H,15,16). The van der Waals surface area contributed by atoms with Crippen LogP contribution in [0, 0.1) is 6.92 Å². The van der Waals surface area contributed by atoms with Crippen LogP contribution >= 0.6 is 0 Å². The number of morpholine rings is 1. The minimum atomic E-state index is -3.74. The molecule has 0 spiro atoms. The first-order valence-electron chi connectivity index (χ1n) is 6.37. The van der Waals surface area contributed by atoms with Gasteiger partial charge in [0, 0.05) is 13.1 Å². The monoisotopic (exact) mass is 315 g/mol. The summed E-state index contributed by atoms with van der Waals surface area (Å²) >= 11 is 0. The van der Waals surface area contributed by atoms with Crippen LogP contribution in [-0.4, -0.2) is 57.2 Å². The Hall–Kier alpha value is -1.64. The van der Waals surface area contributed by atoms with Gasteiger partial charge in [-0.3, -0.25) is 0 Å². The number of aromatic carboxylic acids is 1. The molecule has 1 fully saturated rings. The minimum Gasteiger partial charge on any atom is -0.496 e. The van der Waals surface area contributed by atoms with Crippen LogP contribution < -0.4 is 4.74 Å². The van der Waals surface area contributed by atoms with E-state index in [4.69, 9.17) is 9.47 Å². The van der Waals surface area contributed by atoms with Crippen LogP contribution in [0.2, 0.25) is 0 Å². The number of ether oxygens (including phenoxy) is 2. The zero-order valence-corrected chi connectivity index (χ0v) is 12.6. The minimum absolute atomic E-state index is 0.0115. The normalized spacial score (nSPS) is 16.7. The van der Waals surface area contributed by atoms with Crippen molar-refractivity contribution in [3.8, 4) is 5.75 Å². The maximum atomic E-state index is 12.6. The van der Waals surface area contributed by atoms with Crippen LogP contribution in [0.1, 0.15) is 15.9 Å². The highest BCUT2D eigenvalue weighted by Crippen LogP contribution is 2.28. The van der Waals surface area contributed by atoms with Gasteiger partial charge >= 0.3 is 5.97 Å². The van der Waals surface area contributed by atoms with Crippen LogP contribution in [0.25, 0.3) is 0 Å². The number of rotatable bonds is 4. The van der Waals surface area contributed by atoms with Crippen LogP contribution in [0.5, 0.6) is 5.75 Å². The van der Waals surface area contributed by atoms with E-state index in [9.17, 15) is 18.3 Å². The highest BCUT2D eigenvalue weighted by Gasteiger charge is 2.29. The van der Waals surface area contributed by atoms with Crippen LogP contribution in [0.4, 0.5) is 0 Å². The summed E-state index contributed by atoms with van der Waals surface area (Å²) in [7, 11) is -2.39. The lowest BCUT2D eigenvalue weighted by atomic mass is 10.1. The number of methoxy groups -OCH3 is 1. The van der Waals surface area contributed by atoms with Crippen molar-refractivity contribution in [1.29, 1.82) is 0 Å². The topological polar surface area (TPSA) is 93.1 Å². The molecule has 1 aliphatic rings. The number of sulfonamides is 1. The fourth-order valence-corrected chi connectivity index (χ4v) is 3.84. The molecular weight excluding hydrogens is 298 g/mol. The molecular formula is C13H17NO6S. The first kappa shape index (κ1) is 15.7. The van der Waals surface area contributed by atoms with E-state index < -0.39 is 16.0 Å². The second kappa shape index (κ2) is 6.00. The van der Waals surface area contributed by atoms with Gasteiger partial charge in [0.25, 0.3) is 0 Å². The Balaban J connectivity index is 2.52. The number of carboxylic acids is 1. The van der Waals surface area contributed by atoms with Crippen molar-refractivity contribution in [2.45, 2.75) is 11.8 Å². The lowest BCUT2D eigenvalue weighted by Crippen LogP contribution is -2.40. The Kier molecular flexibility index (Phi) is 4.50. The molecule has 0 aliphatic carbocycles. The molecule has 1 aromatic carbocycles. The van der Waals surface area contributed by atoms with E-state index in [1.54, 1.807) is 6.92 Å². The van der Waals surface area contributed by atoms with Gasteiger partial charge in [-0.15, -0.1) is 0 Å². The summed E-state index contributed by atoms with van der Waals surface area (Å²) in [5, 5.41) is 9.18. The second-order valence-corrected chi connectivity index (χ2v) is 6.55. The van der Waals surface area contributed by atoms with Crippen molar-refractivity contribution >= 4 is 16.0 Å². The molecule has 0 radical (unpaired) electrons. The highest BCUT2D eigenvalue weighted by atomic mass is 32.2.